The van der Waals surface area contributed by atoms with E-state index in [0.717, 1.165) is 16.5 Å². The third-order valence-electron chi connectivity index (χ3n) is 3.64. The van der Waals surface area contributed by atoms with Gasteiger partial charge in [-0.2, -0.15) is 22.0 Å². The van der Waals surface area contributed by atoms with Crippen LogP contribution in [0.25, 0.3) is 0 Å². The van der Waals surface area contributed by atoms with Gasteiger partial charge in [-0.15, -0.1) is 0 Å². The number of benzene rings is 1. The molecule has 1 aliphatic rings. The van der Waals surface area contributed by atoms with E-state index in [4.69, 9.17) is 4.74 Å². The first-order valence-corrected chi connectivity index (χ1v) is 7.34. The van der Waals surface area contributed by atoms with Crippen molar-refractivity contribution in [1.82, 2.24) is 4.90 Å². The first-order valence-electron chi connectivity index (χ1n) is 7.34. The largest absolute Gasteiger partial charge is 0.459 e. The van der Waals surface area contributed by atoms with Crippen molar-refractivity contribution in [3.63, 3.8) is 0 Å². The first-order chi connectivity index (χ1) is 10.8. The number of morpholine rings is 1. The van der Waals surface area contributed by atoms with Gasteiger partial charge in [-0.3, -0.25) is 0 Å². The lowest BCUT2D eigenvalue weighted by atomic mass is 10.1. The summed E-state index contributed by atoms with van der Waals surface area (Å²) in [5.41, 5.74) is -0.0790. The zero-order valence-corrected chi connectivity index (χ0v) is 12.5. The van der Waals surface area contributed by atoms with E-state index in [0.29, 0.717) is 6.42 Å². The highest BCUT2D eigenvalue weighted by atomic mass is 19.4. The fourth-order valence-electron chi connectivity index (χ4n) is 2.43. The molecule has 7 heteroatoms. The second-order valence-corrected chi connectivity index (χ2v) is 5.29. The van der Waals surface area contributed by atoms with E-state index in [2.05, 4.69) is 0 Å². The van der Waals surface area contributed by atoms with Crippen LogP contribution in [0.3, 0.4) is 0 Å². The van der Waals surface area contributed by atoms with E-state index in [-0.39, 0.29) is 32.7 Å². The second kappa shape index (κ2) is 7.29. The van der Waals surface area contributed by atoms with Crippen LogP contribution in [0, 0.1) is 0 Å². The summed E-state index contributed by atoms with van der Waals surface area (Å²) in [5, 5.41) is 0. The second-order valence-electron chi connectivity index (χ2n) is 5.29. The van der Waals surface area contributed by atoms with Gasteiger partial charge in [-0.1, -0.05) is 36.4 Å². The molecule has 1 heterocycles. The minimum absolute atomic E-state index is 0.0306. The Labute approximate surface area is 131 Å². The van der Waals surface area contributed by atoms with Gasteiger partial charge in [0.05, 0.1) is 18.9 Å². The summed E-state index contributed by atoms with van der Waals surface area (Å²) in [6.45, 7) is 0.347. The van der Waals surface area contributed by atoms with Gasteiger partial charge in [0.1, 0.15) is 0 Å². The van der Waals surface area contributed by atoms with Crippen LogP contribution < -0.4 is 0 Å². The van der Waals surface area contributed by atoms with Crippen molar-refractivity contribution in [2.24, 2.45) is 0 Å². The molecule has 0 amide bonds. The maximum absolute atomic E-state index is 13.8. The van der Waals surface area contributed by atoms with Gasteiger partial charge in [0.15, 0.2) is 0 Å². The van der Waals surface area contributed by atoms with Gasteiger partial charge >= 0.3 is 12.1 Å². The van der Waals surface area contributed by atoms with Gasteiger partial charge in [0.2, 0.25) is 0 Å². The molecule has 1 fully saturated rings. The summed E-state index contributed by atoms with van der Waals surface area (Å²) in [4.78, 5) is 1.07. The number of hydrogen-bond acceptors (Lipinski definition) is 2. The normalized spacial score (nSPS) is 17.4. The highest BCUT2D eigenvalue weighted by molar-refractivity contribution is 5.19. The Morgan fingerprint density at radius 3 is 2.22 bits per heavy atom. The summed E-state index contributed by atoms with van der Waals surface area (Å²) < 4.78 is 70.9. The summed E-state index contributed by atoms with van der Waals surface area (Å²) in [7, 11) is 0. The monoisotopic (exact) mass is 335 g/mol. The maximum Gasteiger partial charge on any atom is 0.459 e. The molecular formula is C16H18F5NO. The predicted molar refractivity (Wildman–Crippen MR) is 76.2 cm³/mol. The van der Waals surface area contributed by atoms with Crippen LogP contribution in [-0.4, -0.2) is 43.3 Å². The fourth-order valence-corrected chi connectivity index (χ4v) is 2.43. The number of allylic oxidation sites excluding steroid dienone is 2. The lowest BCUT2D eigenvalue weighted by Gasteiger charge is -2.35. The van der Waals surface area contributed by atoms with Crippen molar-refractivity contribution in [3.05, 3.63) is 47.7 Å². The van der Waals surface area contributed by atoms with Gasteiger partial charge in [0, 0.05) is 13.1 Å². The number of nitrogens with zero attached hydrogens (tertiary/aromatic N) is 1. The van der Waals surface area contributed by atoms with Crippen LogP contribution >= 0.6 is 0 Å². The van der Waals surface area contributed by atoms with Crippen LogP contribution in [0.4, 0.5) is 22.0 Å². The van der Waals surface area contributed by atoms with Crippen molar-refractivity contribution in [2.45, 2.75) is 24.9 Å². The van der Waals surface area contributed by atoms with E-state index < -0.39 is 17.8 Å². The Kier molecular flexibility index (Phi) is 5.62. The van der Waals surface area contributed by atoms with E-state index >= 15 is 0 Å². The molecule has 0 saturated carbocycles. The Morgan fingerprint density at radius 1 is 1.04 bits per heavy atom. The smallest absolute Gasteiger partial charge is 0.378 e. The molecule has 0 radical (unpaired) electrons. The van der Waals surface area contributed by atoms with Gasteiger partial charge in [-0.25, -0.2) is 0 Å². The SMILES string of the molecule is FC(F)(F)C(F)(F)/C(=C\CCc1ccccc1)N1CCOCC1. The number of alkyl halides is 5. The van der Waals surface area contributed by atoms with E-state index in [1.54, 1.807) is 12.1 Å². The minimum atomic E-state index is -5.61. The molecule has 0 N–H and O–H groups in total. The molecule has 0 aliphatic carbocycles. The van der Waals surface area contributed by atoms with Crippen molar-refractivity contribution in [3.8, 4) is 0 Å². The highest BCUT2D eigenvalue weighted by Crippen LogP contribution is 2.42. The molecule has 2 rings (SSSR count). The molecule has 1 aliphatic heterocycles. The van der Waals surface area contributed by atoms with Crippen molar-refractivity contribution >= 4 is 0 Å². The molecule has 0 unspecified atom stereocenters. The minimum Gasteiger partial charge on any atom is -0.378 e. The van der Waals surface area contributed by atoms with Crippen molar-refractivity contribution < 1.29 is 26.7 Å². The fraction of sp³-hybridized carbons (Fsp3) is 0.500. The number of hydrogen-bond donors (Lipinski definition) is 0. The lowest BCUT2D eigenvalue weighted by molar-refractivity contribution is -0.271. The third kappa shape index (κ3) is 4.43. The summed E-state index contributed by atoms with van der Waals surface area (Å²) >= 11 is 0. The summed E-state index contributed by atoms with van der Waals surface area (Å²) in [5.74, 6) is -4.86. The van der Waals surface area contributed by atoms with Crippen LogP contribution in [-0.2, 0) is 11.2 Å². The van der Waals surface area contributed by atoms with Crippen LogP contribution in [0.5, 0.6) is 0 Å². The van der Waals surface area contributed by atoms with Gasteiger partial charge < -0.3 is 9.64 Å². The maximum atomic E-state index is 13.8. The van der Waals surface area contributed by atoms with E-state index in [9.17, 15) is 22.0 Å². The van der Waals surface area contributed by atoms with Gasteiger partial charge in [-0.05, 0) is 18.4 Å². The Balaban J connectivity index is 2.17. The average molecular weight is 335 g/mol. The molecule has 1 aromatic rings. The summed E-state index contributed by atoms with van der Waals surface area (Å²) in [6, 6.07) is 9.03. The van der Waals surface area contributed by atoms with Crippen LogP contribution in [0.2, 0.25) is 0 Å². The highest BCUT2D eigenvalue weighted by Gasteiger charge is 2.61. The Bertz CT molecular complexity index is 521. The molecule has 0 atom stereocenters. The number of rotatable bonds is 5. The third-order valence-corrected chi connectivity index (χ3v) is 3.64. The molecule has 128 valence electrons. The van der Waals surface area contributed by atoms with E-state index in [1.807, 2.05) is 18.2 Å². The van der Waals surface area contributed by atoms with Crippen molar-refractivity contribution in [2.75, 3.05) is 26.3 Å². The van der Waals surface area contributed by atoms with Gasteiger partial charge in [0.25, 0.3) is 0 Å². The Morgan fingerprint density at radius 2 is 1.65 bits per heavy atom. The standard InChI is InChI=1S/C16H18F5NO/c17-15(18,16(19,20)21)14(22-9-11-23-12-10-22)8-4-7-13-5-2-1-3-6-13/h1-3,5-6,8H,4,7,9-12H2/b14-8+. The Hall–Kier alpha value is -1.63. The zero-order chi connectivity index (χ0) is 16.9. The lowest BCUT2D eigenvalue weighted by Crippen LogP contribution is -2.48. The number of halogens is 5. The van der Waals surface area contributed by atoms with E-state index in [1.165, 1.54) is 0 Å². The zero-order valence-electron chi connectivity index (χ0n) is 12.5. The molecule has 23 heavy (non-hydrogen) atoms. The molecule has 0 spiro atoms. The van der Waals surface area contributed by atoms with Crippen LogP contribution in [0.1, 0.15) is 12.0 Å². The first kappa shape index (κ1) is 17.7. The van der Waals surface area contributed by atoms with Crippen molar-refractivity contribution in [1.29, 1.82) is 0 Å². The quantitative estimate of drug-likeness (QED) is 0.753. The summed E-state index contributed by atoms with van der Waals surface area (Å²) in [6.07, 6.45) is -4.08. The molecule has 0 bridgehead atoms. The average Bonchev–Trinajstić information content (AvgIpc) is 2.52. The predicted octanol–water partition coefficient (Wildman–Crippen LogP) is 4.03. The number of ether oxygens (including phenoxy) is 1. The molecule has 1 aromatic carbocycles. The number of aryl methyl sites for hydroxylation is 1. The topological polar surface area (TPSA) is 12.5 Å². The molecule has 2 nitrogen and oxygen atoms in total. The van der Waals surface area contributed by atoms with Crippen LogP contribution in [0.15, 0.2) is 42.1 Å². The molecule has 0 aromatic heterocycles. The molecular weight excluding hydrogens is 317 g/mol. The molecule has 1 saturated heterocycles.